The highest BCUT2D eigenvalue weighted by atomic mass is 35.5. The molecule has 0 saturated heterocycles. The molecule has 0 amide bonds. The number of rotatable bonds is 4. The summed E-state index contributed by atoms with van der Waals surface area (Å²) in [5.41, 5.74) is 1.67. The second kappa shape index (κ2) is 5.95. The van der Waals surface area contributed by atoms with Crippen LogP contribution in [0.4, 0.5) is 0 Å². The molecule has 0 bridgehead atoms. The van der Waals surface area contributed by atoms with Crippen LogP contribution in [-0.2, 0) is 18.8 Å². The second-order valence-corrected chi connectivity index (χ2v) is 5.98. The first-order valence-corrected chi connectivity index (χ1v) is 8.06. The third-order valence-corrected chi connectivity index (χ3v) is 4.54. The number of thiazole rings is 1. The molecule has 0 atom stereocenters. The normalized spacial score (nSPS) is 11.1. The van der Waals surface area contributed by atoms with Gasteiger partial charge in [-0.15, -0.1) is 22.9 Å². The van der Waals surface area contributed by atoms with Crippen molar-refractivity contribution in [1.82, 2.24) is 14.5 Å². The molecule has 3 rings (SSSR count). The van der Waals surface area contributed by atoms with Crippen LogP contribution in [0.25, 0.3) is 10.9 Å². The molecule has 0 unspecified atom stereocenters. The van der Waals surface area contributed by atoms with E-state index in [1.54, 1.807) is 22.0 Å². The van der Waals surface area contributed by atoms with Crippen molar-refractivity contribution in [2.45, 2.75) is 25.8 Å². The topological polar surface area (TPSA) is 47.8 Å². The van der Waals surface area contributed by atoms with Crippen LogP contribution >= 0.6 is 22.9 Å². The minimum atomic E-state index is -0.0375. The molecule has 6 heteroatoms. The van der Waals surface area contributed by atoms with Gasteiger partial charge in [-0.1, -0.05) is 12.1 Å². The highest BCUT2D eigenvalue weighted by Crippen LogP contribution is 2.13. The van der Waals surface area contributed by atoms with Crippen LogP contribution in [0.1, 0.15) is 16.5 Å². The molecule has 0 fully saturated rings. The van der Waals surface area contributed by atoms with E-state index >= 15 is 0 Å². The van der Waals surface area contributed by atoms with Gasteiger partial charge < -0.3 is 0 Å². The van der Waals surface area contributed by atoms with E-state index in [0.29, 0.717) is 29.7 Å². The zero-order chi connectivity index (χ0) is 14.8. The van der Waals surface area contributed by atoms with Crippen molar-refractivity contribution in [1.29, 1.82) is 0 Å². The van der Waals surface area contributed by atoms with Gasteiger partial charge in [-0.25, -0.2) is 9.97 Å². The van der Waals surface area contributed by atoms with Crippen LogP contribution in [0.2, 0.25) is 0 Å². The van der Waals surface area contributed by atoms with Gasteiger partial charge in [-0.2, -0.15) is 0 Å². The van der Waals surface area contributed by atoms with Crippen molar-refractivity contribution in [2.75, 3.05) is 0 Å². The molecule has 0 saturated carbocycles. The molecule has 2 heterocycles. The maximum Gasteiger partial charge on any atom is 0.261 e. The fourth-order valence-corrected chi connectivity index (χ4v) is 3.24. The average Bonchev–Trinajstić information content (AvgIpc) is 2.91. The number of aromatic nitrogens is 3. The van der Waals surface area contributed by atoms with E-state index in [9.17, 15) is 4.79 Å². The van der Waals surface area contributed by atoms with Crippen molar-refractivity contribution >= 4 is 33.8 Å². The number of alkyl halides is 1. The Morgan fingerprint density at radius 3 is 2.81 bits per heavy atom. The van der Waals surface area contributed by atoms with Crippen molar-refractivity contribution in [2.24, 2.45) is 0 Å². The van der Waals surface area contributed by atoms with Gasteiger partial charge in [0.2, 0.25) is 0 Å². The van der Waals surface area contributed by atoms with E-state index in [0.717, 1.165) is 10.7 Å². The van der Waals surface area contributed by atoms with E-state index in [2.05, 4.69) is 9.97 Å². The average molecular weight is 320 g/mol. The SMILES string of the molecule is Cc1csc(CCn2c(CCl)nc3ccccc3c2=O)n1. The van der Waals surface area contributed by atoms with Gasteiger partial charge in [-0.05, 0) is 19.1 Å². The molecule has 3 aromatic rings. The van der Waals surface area contributed by atoms with E-state index < -0.39 is 0 Å². The fourth-order valence-electron chi connectivity index (χ4n) is 2.27. The molecule has 21 heavy (non-hydrogen) atoms. The standard InChI is InChI=1S/C15H14ClN3OS/c1-10-9-21-14(17-10)6-7-19-13(8-16)18-12-5-3-2-4-11(12)15(19)20/h2-5,9H,6-8H2,1H3. The van der Waals surface area contributed by atoms with Crippen LogP contribution in [0.5, 0.6) is 0 Å². The highest BCUT2D eigenvalue weighted by Gasteiger charge is 2.10. The molecule has 108 valence electrons. The Kier molecular flexibility index (Phi) is 4.03. The Hall–Kier alpha value is -1.72. The van der Waals surface area contributed by atoms with Crippen LogP contribution in [0.15, 0.2) is 34.4 Å². The van der Waals surface area contributed by atoms with Gasteiger partial charge in [0.25, 0.3) is 5.56 Å². The van der Waals surface area contributed by atoms with Gasteiger partial charge in [-0.3, -0.25) is 9.36 Å². The first-order chi connectivity index (χ1) is 10.2. The molecule has 0 aliphatic heterocycles. The van der Waals surface area contributed by atoms with Gasteiger partial charge in [0.05, 0.1) is 21.8 Å². The molecular weight excluding hydrogens is 306 g/mol. The van der Waals surface area contributed by atoms with Crippen molar-refractivity contribution in [3.63, 3.8) is 0 Å². The molecule has 0 N–H and O–H groups in total. The fraction of sp³-hybridized carbons (Fsp3) is 0.267. The maximum absolute atomic E-state index is 12.6. The molecule has 0 aliphatic carbocycles. The largest absolute Gasteiger partial charge is 0.295 e. The number of halogens is 1. The number of fused-ring (bicyclic) bond motifs is 1. The summed E-state index contributed by atoms with van der Waals surface area (Å²) in [6.45, 7) is 2.51. The summed E-state index contributed by atoms with van der Waals surface area (Å²) >= 11 is 7.57. The predicted molar refractivity (Wildman–Crippen MR) is 86.1 cm³/mol. The lowest BCUT2D eigenvalue weighted by Gasteiger charge is -2.11. The monoisotopic (exact) mass is 319 g/mol. The Balaban J connectivity index is 2.00. The quantitative estimate of drug-likeness (QED) is 0.694. The minimum absolute atomic E-state index is 0.0375. The van der Waals surface area contributed by atoms with Crippen LogP contribution < -0.4 is 5.56 Å². The zero-order valence-electron chi connectivity index (χ0n) is 11.5. The Bertz CT molecular complexity index is 840. The van der Waals surface area contributed by atoms with Gasteiger partial charge in [0.15, 0.2) is 0 Å². The predicted octanol–water partition coefficient (Wildman–Crippen LogP) is 3.14. The summed E-state index contributed by atoms with van der Waals surface area (Å²) in [7, 11) is 0. The lowest BCUT2D eigenvalue weighted by Crippen LogP contribution is -2.25. The molecule has 2 aromatic heterocycles. The number of nitrogens with zero attached hydrogens (tertiary/aromatic N) is 3. The molecule has 0 spiro atoms. The van der Waals surface area contributed by atoms with Crippen molar-refractivity contribution < 1.29 is 0 Å². The van der Waals surface area contributed by atoms with Gasteiger partial charge in [0.1, 0.15) is 5.82 Å². The second-order valence-electron chi connectivity index (χ2n) is 4.77. The maximum atomic E-state index is 12.6. The van der Waals surface area contributed by atoms with E-state index in [-0.39, 0.29) is 11.4 Å². The number of para-hydroxylation sites is 1. The van der Waals surface area contributed by atoms with Gasteiger partial charge in [0, 0.05) is 24.0 Å². The smallest absolute Gasteiger partial charge is 0.261 e. The Morgan fingerprint density at radius 1 is 1.29 bits per heavy atom. The summed E-state index contributed by atoms with van der Waals surface area (Å²) in [5, 5.41) is 3.66. The number of aryl methyl sites for hydroxylation is 2. The number of hydrogen-bond donors (Lipinski definition) is 0. The molecule has 1 aromatic carbocycles. The zero-order valence-corrected chi connectivity index (χ0v) is 13.1. The lowest BCUT2D eigenvalue weighted by atomic mass is 10.2. The van der Waals surface area contributed by atoms with E-state index in [1.807, 2.05) is 30.5 Å². The molecule has 0 radical (unpaired) electrons. The van der Waals surface area contributed by atoms with E-state index in [4.69, 9.17) is 11.6 Å². The number of hydrogen-bond acceptors (Lipinski definition) is 4. The summed E-state index contributed by atoms with van der Waals surface area (Å²) in [6, 6.07) is 7.35. The van der Waals surface area contributed by atoms with Gasteiger partial charge >= 0.3 is 0 Å². The van der Waals surface area contributed by atoms with Crippen molar-refractivity contribution in [3.8, 4) is 0 Å². The summed E-state index contributed by atoms with van der Waals surface area (Å²) in [6.07, 6.45) is 0.711. The summed E-state index contributed by atoms with van der Waals surface area (Å²) < 4.78 is 1.66. The highest BCUT2D eigenvalue weighted by molar-refractivity contribution is 7.09. The van der Waals surface area contributed by atoms with Crippen LogP contribution in [-0.4, -0.2) is 14.5 Å². The first kappa shape index (κ1) is 14.2. The number of benzene rings is 1. The van der Waals surface area contributed by atoms with Crippen LogP contribution in [0, 0.1) is 6.92 Å². The minimum Gasteiger partial charge on any atom is -0.295 e. The first-order valence-electron chi connectivity index (χ1n) is 6.64. The molecule has 0 aliphatic rings. The summed E-state index contributed by atoms with van der Waals surface area (Å²) in [5.74, 6) is 0.824. The Morgan fingerprint density at radius 2 is 2.10 bits per heavy atom. The molecule has 4 nitrogen and oxygen atoms in total. The third-order valence-electron chi connectivity index (χ3n) is 3.28. The Labute approximate surface area is 131 Å². The summed E-state index contributed by atoms with van der Waals surface area (Å²) in [4.78, 5) is 21.5. The van der Waals surface area contributed by atoms with E-state index in [1.165, 1.54) is 0 Å². The third kappa shape index (κ3) is 2.84. The lowest BCUT2D eigenvalue weighted by molar-refractivity contribution is 0.632. The van der Waals surface area contributed by atoms with Crippen molar-refractivity contribution in [3.05, 3.63) is 56.5 Å². The molecular formula is C15H14ClN3OS. The van der Waals surface area contributed by atoms with Crippen LogP contribution in [0.3, 0.4) is 0 Å².